The Balaban J connectivity index is 3.12. The van der Waals surface area contributed by atoms with Gasteiger partial charge in [0, 0.05) is 23.1 Å². The molecule has 1 rings (SSSR count). The van der Waals surface area contributed by atoms with Crippen LogP contribution in [-0.2, 0) is 10.0 Å². The number of hydrogen-bond acceptors (Lipinski definition) is 5. The highest BCUT2D eigenvalue weighted by Crippen LogP contribution is 2.35. The van der Waals surface area contributed by atoms with Crippen LogP contribution in [0.3, 0.4) is 0 Å². The lowest BCUT2D eigenvalue weighted by Gasteiger charge is -2.14. The molecule has 20 heavy (non-hydrogen) atoms. The van der Waals surface area contributed by atoms with Crippen LogP contribution >= 0.6 is 15.9 Å². The maximum absolute atomic E-state index is 12.2. The van der Waals surface area contributed by atoms with E-state index in [4.69, 9.17) is 15.2 Å². The Kier molecular flexibility index (Phi) is 6.25. The van der Waals surface area contributed by atoms with Crippen molar-refractivity contribution in [3.63, 3.8) is 0 Å². The van der Waals surface area contributed by atoms with Gasteiger partial charge in [-0.25, -0.2) is 13.1 Å². The van der Waals surface area contributed by atoms with Gasteiger partial charge in [0.05, 0.1) is 14.2 Å². The summed E-state index contributed by atoms with van der Waals surface area (Å²) in [6, 6.07) is 2.74. The van der Waals surface area contributed by atoms with Crippen molar-refractivity contribution >= 4 is 26.0 Å². The van der Waals surface area contributed by atoms with E-state index in [9.17, 15) is 8.42 Å². The van der Waals surface area contributed by atoms with Crippen LogP contribution in [0.1, 0.15) is 13.3 Å². The summed E-state index contributed by atoms with van der Waals surface area (Å²) in [5.41, 5.74) is 5.71. The van der Waals surface area contributed by atoms with E-state index in [0.717, 1.165) is 0 Å². The standard InChI is InChI=1S/C12H19BrN2O4S/c1-4-8(14)7-15-20(16,17)12-6-11(19-3)10(18-2)5-9(12)13/h5-6,8,15H,4,7,14H2,1-3H3. The van der Waals surface area contributed by atoms with E-state index in [-0.39, 0.29) is 17.5 Å². The van der Waals surface area contributed by atoms with Gasteiger partial charge in [0.2, 0.25) is 10.0 Å². The van der Waals surface area contributed by atoms with Crippen molar-refractivity contribution < 1.29 is 17.9 Å². The molecule has 0 aliphatic rings. The van der Waals surface area contributed by atoms with Gasteiger partial charge in [-0.1, -0.05) is 6.92 Å². The van der Waals surface area contributed by atoms with E-state index in [1.807, 2.05) is 6.92 Å². The van der Waals surface area contributed by atoms with Crippen LogP contribution in [0.5, 0.6) is 11.5 Å². The number of sulfonamides is 1. The van der Waals surface area contributed by atoms with Crippen LogP contribution < -0.4 is 19.9 Å². The predicted octanol–water partition coefficient (Wildman–Crippen LogP) is 1.48. The van der Waals surface area contributed by atoms with Gasteiger partial charge in [-0.05, 0) is 28.4 Å². The van der Waals surface area contributed by atoms with Crippen molar-refractivity contribution in [1.29, 1.82) is 0 Å². The molecule has 1 unspecified atom stereocenters. The van der Waals surface area contributed by atoms with Crippen molar-refractivity contribution in [3.05, 3.63) is 16.6 Å². The molecule has 0 aliphatic heterocycles. The van der Waals surface area contributed by atoms with E-state index in [2.05, 4.69) is 20.7 Å². The van der Waals surface area contributed by atoms with E-state index >= 15 is 0 Å². The quantitative estimate of drug-likeness (QED) is 0.762. The third-order valence-corrected chi connectivity index (χ3v) is 5.17. The lowest BCUT2D eigenvalue weighted by molar-refractivity contribution is 0.353. The second-order valence-corrected chi connectivity index (χ2v) is 6.75. The highest BCUT2D eigenvalue weighted by molar-refractivity contribution is 9.10. The molecule has 0 aliphatic carbocycles. The molecular weight excluding hydrogens is 348 g/mol. The third-order valence-electron chi connectivity index (χ3n) is 2.79. The fourth-order valence-corrected chi connectivity index (χ4v) is 3.61. The lowest BCUT2D eigenvalue weighted by atomic mass is 10.2. The zero-order chi connectivity index (χ0) is 15.3. The van der Waals surface area contributed by atoms with E-state index in [1.54, 1.807) is 6.07 Å². The SMILES string of the molecule is CCC(N)CNS(=O)(=O)c1cc(OC)c(OC)cc1Br. The fraction of sp³-hybridized carbons (Fsp3) is 0.500. The number of rotatable bonds is 7. The Bertz CT molecular complexity index is 563. The zero-order valence-electron chi connectivity index (χ0n) is 11.6. The van der Waals surface area contributed by atoms with E-state index < -0.39 is 10.0 Å². The third kappa shape index (κ3) is 4.08. The molecule has 0 saturated heterocycles. The molecule has 1 atom stereocenters. The molecule has 0 aromatic heterocycles. The van der Waals surface area contributed by atoms with Crippen LogP contribution in [0.4, 0.5) is 0 Å². The first kappa shape index (κ1) is 17.2. The summed E-state index contributed by atoms with van der Waals surface area (Å²) < 4.78 is 37.6. The number of benzene rings is 1. The average molecular weight is 367 g/mol. The minimum Gasteiger partial charge on any atom is -0.493 e. The van der Waals surface area contributed by atoms with Crippen molar-refractivity contribution in [2.24, 2.45) is 5.73 Å². The van der Waals surface area contributed by atoms with Crippen LogP contribution in [-0.4, -0.2) is 35.2 Å². The van der Waals surface area contributed by atoms with Gasteiger partial charge in [-0.2, -0.15) is 0 Å². The first-order chi connectivity index (χ1) is 9.35. The number of methoxy groups -OCH3 is 2. The van der Waals surface area contributed by atoms with Gasteiger partial charge >= 0.3 is 0 Å². The summed E-state index contributed by atoms with van der Waals surface area (Å²) in [6.07, 6.45) is 0.690. The molecular formula is C12H19BrN2O4S. The van der Waals surface area contributed by atoms with Crippen LogP contribution in [0.2, 0.25) is 0 Å². The zero-order valence-corrected chi connectivity index (χ0v) is 14.0. The number of nitrogens with one attached hydrogen (secondary N) is 1. The smallest absolute Gasteiger partial charge is 0.241 e. The first-order valence-electron chi connectivity index (χ1n) is 6.02. The van der Waals surface area contributed by atoms with E-state index in [1.165, 1.54) is 20.3 Å². The monoisotopic (exact) mass is 366 g/mol. The average Bonchev–Trinajstić information content (AvgIpc) is 2.44. The first-order valence-corrected chi connectivity index (χ1v) is 8.30. The Morgan fingerprint density at radius 1 is 1.30 bits per heavy atom. The molecule has 8 heteroatoms. The van der Waals surface area contributed by atoms with Crippen LogP contribution in [0.15, 0.2) is 21.5 Å². The molecule has 1 aromatic rings. The van der Waals surface area contributed by atoms with Crippen molar-refractivity contribution in [3.8, 4) is 11.5 Å². The minimum absolute atomic E-state index is 0.0819. The van der Waals surface area contributed by atoms with E-state index in [0.29, 0.717) is 22.4 Å². The predicted molar refractivity (Wildman–Crippen MR) is 80.7 cm³/mol. The summed E-state index contributed by atoms with van der Waals surface area (Å²) in [5.74, 6) is 0.791. The van der Waals surface area contributed by atoms with Crippen LogP contribution in [0.25, 0.3) is 0 Å². The second kappa shape index (κ2) is 7.26. The van der Waals surface area contributed by atoms with Gasteiger partial charge in [-0.15, -0.1) is 0 Å². The molecule has 0 heterocycles. The van der Waals surface area contributed by atoms with Crippen molar-refractivity contribution in [2.45, 2.75) is 24.3 Å². The summed E-state index contributed by atoms with van der Waals surface area (Å²) in [7, 11) is -0.736. The molecule has 6 nitrogen and oxygen atoms in total. The largest absolute Gasteiger partial charge is 0.493 e. The van der Waals surface area contributed by atoms with Gasteiger partial charge in [0.25, 0.3) is 0 Å². The second-order valence-electron chi connectivity index (χ2n) is 4.16. The molecule has 114 valence electrons. The Morgan fingerprint density at radius 2 is 1.85 bits per heavy atom. The normalized spacial score (nSPS) is 13.1. The molecule has 3 N–H and O–H groups in total. The Labute approximate surface area is 127 Å². The maximum Gasteiger partial charge on any atom is 0.241 e. The maximum atomic E-state index is 12.2. The number of ether oxygens (including phenoxy) is 2. The topological polar surface area (TPSA) is 90.7 Å². The number of nitrogens with two attached hydrogens (primary N) is 1. The lowest BCUT2D eigenvalue weighted by Crippen LogP contribution is -2.36. The molecule has 0 saturated carbocycles. The molecule has 0 fully saturated rings. The Hall–Kier alpha value is -0.830. The molecule has 0 spiro atoms. The van der Waals surface area contributed by atoms with Gasteiger partial charge in [-0.3, -0.25) is 0 Å². The molecule has 0 radical (unpaired) electrons. The van der Waals surface area contributed by atoms with Crippen molar-refractivity contribution in [1.82, 2.24) is 4.72 Å². The summed E-state index contributed by atoms with van der Waals surface area (Å²) in [6.45, 7) is 2.07. The van der Waals surface area contributed by atoms with Crippen molar-refractivity contribution in [2.75, 3.05) is 20.8 Å². The number of halogens is 1. The summed E-state index contributed by atoms with van der Waals surface area (Å²) in [5, 5.41) is 0. The Morgan fingerprint density at radius 3 is 2.35 bits per heavy atom. The summed E-state index contributed by atoms with van der Waals surface area (Å²) >= 11 is 3.23. The highest BCUT2D eigenvalue weighted by Gasteiger charge is 2.21. The molecule has 0 bridgehead atoms. The number of hydrogen-bond donors (Lipinski definition) is 2. The van der Waals surface area contributed by atoms with Gasteiger partial charge in [0.1, 0.15) is 4.90 Å². The molecule has 0 amide bonds. The molecule has 1 aromatic carbocycles. The van der Waals surface area contributed by atoms with Gasteiger partial charge in [0.15, 0.2) is 11.5 Å². The fourth-order valence-electron chi connectivity index (χ4n) is 1.48. The highest BCUT2D eigenvalue weighted by atomic mass is 79.9. The van der Waals surface area contributed by atoms with Gasteiger partial charge < -0.3 is 15.2 Å². The van der Waals surface area contributed by atoms with Crippen LogP contribution in [0, 0.1) is 0 Å². The minimum atomic E-state index is -3.67. The summed E-state index contributed by atoms with van der Waals surface area (Å²) in [4.78, 5) is 0.0819.